The first-order valence-corrected chi connectivity index (χ1v) is 8.80. The molecule has 0 saturated carbocycles. The van der Waals surface area contributed by atoms with Gasteiger partial charge in [0.25, 0.3) is 0 Å². The maximum atomic E-state index is 12.9. The van der Waals surface area contributed by atoms with Gasteiger partial charge in [0.2, 0.25) is 0 Å². The monoisotopic (exact) mass is 322 g/mol. The van der Waals surface area contributed by atoms with Crippen LogP contribution >= 0.6 is 0 Å². The predicted octanol–water partition coefficient (Wildman–Crippen LogP) is 5.82. The Kier molecular flexibility index (Phi) is 5.32. The third-order valence-corrected chi connectivity index (χ3v) is 5.05. The van der Waals surface area contributed by atoms with E-state index in [1.54, 1.807) is 0 Å². The Bertz CT molecular complexity index is 724. The van der Waals surface area contributed by atoms with E-state index >= 15 is 0 Å². The van der Waals surface area contributed by atoms with Crippen LogP contribution in [0.15, 0.2) is 36.4 Å². The first kappa shape index (κ1) is 18.4. The Morgan fingerprint density at radius 1 is 0.958 bits per heavy atom. The van der Waals surface area contributed by atoms with Crippen LogP contribution < -0.4 is 0 Å². The largest absolute Gasteiger partial charge is 0.299 e. The van der Waals surface area contributed by atoms with Gasteiger partial charge >= 0.3 is 0 Å². The van der Waals surface area contributed by atoms with Gasteiger partial charge in [0, 0.05) is 12.3 Å². The highest BCUT2D eigenvalue weighted by atomic mass is 16.1. The molecular weight excluding hydrogens is 292 g/mol. The van der Waals surface area contributed by atoms with E-state index in [-0.39, 0.29) is 11.3 Å². The highest BCUT2D eigenvalue weighted by Gasteiger charge is 2.21. The highest BCUT2D eigenvalue weighted by molar-refractivity contribution is 5.88. The minimum absolute atomic E-state index is 0.0627. The number of ketones is 1. The Morgan fingerprint density at radius 3 is 2.00 bits per heavy atom. The van der Waals surface area contributed by atoms with Gasteiger partial charge in [-0.15, -0.1) is 0 Å². The highest BCUT2D eigenvalue weighted by Crippen LogP contribution is 2.29. The molecule has 1 unspecified atom stereocenters. The van der Waals surface area contributed by atoms with Gasteiger partial charge < -0.3 is 0 Å². The summed E-state index contributed by atoms with van der Waals surface area (Å²) < 4.78 is 0. The van der Waals surface area contributed by atoms with Crippen LogP contribution in [0.5, 0.6) is 0 Å². The Balaban J connectivity index is 2.28. The molecular formula is C23H30O. The molecule has 1 heteroatoms. The number of hydrogen-bond acceptors (Lipinski definition) is 1. The second-order valence-corrected chi connectivity index (χ2v) is 8.06. The SMILES string of the molecule is Cc1ccccc1C(C)C(=O)Cc1c(C)cc(C(C)(C)C)cc1C. The maximum Gasteiger partial charge on any atom is 0.144 e. The number of carbonyl (C=O) groups excluding carboxylic acids is 1. The lowest BCUT2D eigenvalue weighted by atomic mass is 9.82. The molecule has 0 fully saturated rings. The van der Waals surface area contributed by atoms with Crippen molar-refractivity contribution in [2.75, 3.05) is 0 Å². The van der Waals surface area contributed by atoms with Crippen LogP contribution in [0.1, 0.15) is 67.0 Å². The quantitative estimate of drug-likeness (QED) is 0.692. The first-order valence-electron chi connectivity index (χ1n) is 8.80. The third kappa shape index (κ3) is 3.95. The molecule has 0 heterocycles. The summed E-state index contributed by atoms with van der Waals surface area (Å²) >= 11 is 0. The van der Waals surface area contributed by atoms with E-state index in [0.717, 1.165) is 5.56 Å². The van der Waals surface area contributed by atoms with E-state index in [2.05, 4.69) is 65.8 Å². The van der Waals surface area contributed by atoms with Gasteiger partial charge in [-0.3, -0.25) is 4.79 Å². The average Bonchev–Trinajstić information content (AvgIpc) is 2.49. The van der Waals surface area contributed by atoms with Crippen molar-refractivity contribution in [1.82, 2.24) is 0 Å². The molecule has 0 amide bonds. The standard InChI is InChI=1S/C23H30O/c1-15-10-8-9-11-20(15)18(4)22(24)14-21-16(2)12-19(13-17(21)3)23(5,6)7/h8-13,18H,14H2,1-7H3. The van der Waals surface area contributed by atoms with E-state index in [4.69, 9.17) is 0 Å². The second kappa shape index (κ2) is 6.93. The van der Waals surface area contributed by atoms with Crippen molar-refractivity contribution in [3.8, 4) is 0 Å². The van der Waals surface area contributed by atoms with E-state index in [1.165, 1.54) is 27.8 Å². The van der Waals surface area contributed by atoms with Gasteiger partial charge in [-0.05, 0) is 59.6 Å². The molecule has 0 aliphatic rings. The van der Waals surface area contributed by atoms with Gasteiger partial charge in [0.15, 0.2) is 0 Å². The fourth-order valence-electron chi connectivity index (χ4n) is 3.28. The second-order valence-electron chi connectivity index (χ2n) is 8.06. The van der Waals surface area contributed by atoms with Crippen molar-refractivity contribution >= 4 is 5.78 Å². The van der Waals surface area contributed by atoms with Crippen molar-refractivity contribution in [1.29, 1.82) is 0 Å². The minimum Gasteiger partial charge on any atom is -0.299 e. The summed E-state index contributed by atoms with van der Waals surface area (Å²) in [4.78, 5) is 12.9. The first-order chi connectivity index (χ1) is 11.1. The molecule has 0 aliphatic heterocycles. The van der Waals surface area contributed by atoms with E-state index in [0.29, 0.717) is 12.2 Å². The van der Waals surface area contributed by atoms with Crippen molar-refractivity contribution in [2.24, 2.45) is 0 Å². The van der Waals surface area contributed by atoms with Gasteiger partial charge in [0.1, 0.15) is 5.78 Å². The zero-order valence-corrected chi connectivity index (χ0v) is 16.2. The Hall–Kier alpha value is -1.89. The van der Waals surface area contributed by atoms with Crippen molar-refractivity contribution in [3.63, 3.8) is 0 Å². The molecule has 0 N–H and O–H groups in total. The summed E-state index contributed by atoms with van der Waals surface area (Å²) in [6, 6.07) is 12.7. The molecule has 0 aromatic heterocycles. The Morgan fingerprint density at radius 2 is 1.50 bits per heavy atom. The van der Waals surface area contributed by atoms with Crippen LogP contribution in [0.25, 0.3) is 0 Å². The molecule has 2 aromatic rings. The van der Waals surface area contributed by atoms with Crippen LogP contribution in [-0.4, -0.2) is 5.78 Å². The summed E-state index contributed by atoms with van der Waals surface area (Å²) in [5.74, 6) is 0.228. The number of hydrogen-bond donors (Lipinski definition) is 0. The molecule has 0 radical (unpaired) electrons. The van der Waals surface area contributed by atoms with Crippen LogP contribution in [0.3, 0.4) is 0 Å². The summed E-state index contributed by atoms with van der Waals surface area (Å²) in [6.45, 7) is 15.0. The van der Waals surface area contributed by atoms with Crippen LogP contribution in [0.4, 0.5) is 0 Å². The lowest BCUT2D eigenvalue weighted by Gasteiger charge is -2.23. The summed E-state index contributed by atoms with van der Waals surface area (Å²) in [5, 5.41) is 0. The van der Waals surface area contributed by atoms with Crippen molar-refractivity contribution < 1.29 is 4.79 Å². The molecule has 0 bridgehead atoms. The molecule has 0 saturated heterocycles. The zero-order chi connectivity index (χ0) is 18.1. The molecule has 128 valence electrons. The van der Waals surface area contributed by atoms with E-state index in [1.807, 2.05) is 19.1 Å². The van der Waals surface area contributed by atoms with E-state index in [9.17, 15) is 4.79 Å². The fourth-order valence-corrected chi connectivity index (χ4v) is 3.28. The fraction of sp³-hybridized carbons (Fsp3) is 0.435. The molecule has 1 nitrogen and oxygen atoms in total. The summed E-state index contributed by atoms with van der Waals surface area (Å²) in [7, 11) is 0. The minimum atomic E-state index is -0.0627. The number of Topliss-reactive ketones (excluding diaryl/α,β-unsaturated/α-hetero) is 1. The topological polar surface area (TPSA) is 17.1 Å². The Labute approximate surface area is 147 Å². The van der Waals surface area contributed by atoms with Crippen LogP contribution in [0, 0.1) is 20.8 Å². The number of aryl methyl sites for hydroxylation is 3. The average molecular weight is 322 g/mol. The van der Waals surface area contributed by atoms with Crippen molar-refractivity contribution in [3.05, 3.63) is 69.8 Å². The summed E-state index contributed by atoms with van der Waals surface area (Å²) in [6.07, 6.45) is 0.511. The number of benzene rings is 2. The van der Waals surface area contributed by atoms with Crippen LogP contribution in [-0.2, 0) is 16.6 Å². The van der Waals surface area contributed by atoms with Crippen molar-refractivity contribution in [2.45, 2.75) is 66.2 Å². The van der Waals surface area contributed by atoms with Gasteiger partial charge in [-0.1, -0.05) is 64.1 Å². The molecule has 1 atom stereocenters. The lowest BCUT2D eigenvalue weighted by Crippen LogP contribution is -2.16. The number of rotatable bonds is 4. The predicted molar refractivity (Wildman–Crippen MR) is 103 cm³/mol. The molecule has 0 aliphatic carbocycles. The lowest BCUT2D eigenvalue weighted by molar-refractivity contribution is -0.119. The van der Waals surface area contributed by atoms with Gasteiger partial charge in [0.05, 0.1) is 0 Å². The third-order valence-electron chi connectivity index (χ3n) is 5.05. The maximum absolute atomic E-state index is 12.9. The molecule has 24 heavy (non-hydrogen) atoms. The normalized spacial score (nSPS) is 13.0. The number of carbonyl (C=O) groups is 1. The summed E-state index contributed by atoms with van der Waals surface area (Å²) in [5.41, 5.74) is 7.44. The zero-order valence-electron chi connectivity index (χ0n) is 16.2. The van der Waals surface area contributed by atoms with Gasteiger partial charge in [-0.2, -0.15) is 0 Å². The van der Waals surface area contributed by atoms with Gasteiger partial charge in [-0.25, -0.2) is 0 Å². The van der Waals surface area contributed by atoms with E-state index < -0.39 is 0 Å². The molecule has 2 aromatic carbocycles. The molecule has 0 spiro atoms. The van der Waals surface area contributed by atoms with Crippen LogP contribution in [0.2, 0.25) is 0 Å². The molecule has 2 rings (SSSR count). The smallest absolute Gasteiger partial charge is 0.144 e.